The molecule has 0 saturated carbocycles. The SMILES string of the molecule is CCc1ccccc1NC(=O)CN1CCN(C(=O)CSc2nc(-c3ccccc3)cn2N)CC1. The lowest BCUT2D eigenvalue weighted by atomic mass is 10.1. The van der Waals surface area contributed by atoms with Gasteiger partial charge in [0.15, 0.2) is 5.16 Å². The molecule has 2 aromatic carbocycles. The van der Waals surface area contributed by atoms with Crippen LogP contribution in [0, 0.1) is 0 Å². The molecule has 9 heteroatoms. The zero-order valence-corrected chi connectivity index (χ0v) is 20.1. The Balaban J connectivity index is 1.22. The molecule has 178 valence electrons. The number of carbonyl (C=O) groups is 2. The number of nitrogens with two attached hydrogens (primary N) is 1. The number of nitrogens with one attached hydrogen (secondary N) is 1. The number of thioether (sulfide) groups is 1. The maximum Gasteiger partial charge on any atom is 0.238 e. The first kappa shape index (κ1) is 23.8. The van der Waals surface area contributed by atoms with Crippen LogP contribution in [0.25, 0.3) is 11.3 Å². The normalized spacial score (nSPS) is 14.2. The van der Waals surface area contributed by atoms with Crippen molar-refractivity contribution < 1.29 is 9.59 Å². The van der Waals surface area contributed by atoms with Crippen LogP contribution in [-0.2, 0) is 16.0 Å². The van der Waals surface area contributed by atoms with E-state index in [2.05, 4.69) is 22.1 Å². The molecule has 0 bridgehead atoms. The van der Waals surface area contributed by atoms with Gasteiger partial charge in [0.2, 0.25) is 11.8 Å². The summed E-state index contributed by atoms with van der Waals surface area (Å²) in [6.45, 7) is 4.94. The Morgan fingerprint density at radius 1 is 1.03 bits per heavy atom. The summed E-state index contributed by atoms with van der Waals surface area (Å²) in [5, 5.41) is 3.62. The fourth-order valence-corrected chi connectivity index (χ4v) is 4.75. The second-order valence-electron chi connectivity index (χ2n) is 8.19. The molecule has 2 heterocycles. The van der Waals surface area contributed by atoms with Gasteiger partial charge in [-0.3, -0.25) is 14.5 Å². The Kier molecular flexibility index (Phi) is 7.87. The van der Waals surface area contributed by atoms with Gasteiger partial charge in [-0.1, -0.05) is 67.2 Å². The topological polar surface area (TPSA) is 96.5 Å². The van der Waals surface area contributed by atoms with Crippen molar-refractivity contribution in [2.45, 2.75) is 18.5 Å². The number of hydrogen-bond donors (Lipinski definition) is 2. The van der Waals surface area contributed by atoms with Crippen LogP contribution >= 0.6 is 11.8 Å². The van der Waals surface area contributed by atoms with Gasteiger partial charge in [-0.05, 0) is 18.1 Å². The predicted octanol–water partition coefficient (Wildman–Crippen LogP) is 2.70. The number of benzene rings is 2. The summed E-state index contributed by atoms with van der Waals surface area (Å²) in [6.07, 6.45) is 2.64. The van der Waals surface area contributed by atoms with E-state index in [1.807, 2.05) is 59.5 Å². The van der Waals surface area contributed by atoms with Gasteiger partial charge in [0.1, 0.15) is 0 Å². The third kappa shape index (κ3) is 5.98. The number of rotatable bonds is 8. The van der Waals surface area contributed by atoms with E-state index in [-0.39, 0.29) is 17.6 Å². The van der Waals surface area contributed by atoms with Crippen molar-refractivity contribution >= 4 is 29.3 Å². The van der Waals surface area contributed by atoms with E-state index in [0.717, 1.165) is 28.9 Å². The Hall–Kier alpha value is -3.30. The number of hydrogen-bond acceptors (Lipinski definition) is 6. The molecule has 34 heavy (non-hydrogen) atoms. The Bertz CT molecular complexity index is 1130. The fraction of sp³-hybridized carbons (Fsp3) is 0.320. The zero-order chi connectivity index (χ0) is 23.9. The quantitative estimate of drug-likeness (QED) is 0.382. The number of aromatic nitrogens is 2. The van der Waals surface area contributed by atoms with Gasteiger partial charge in [0.05, 0.1) is 24.2 Å². The summed E-state index contributed by atoms with van der Waals surface area (Å²) in [7, 11) is 0. The highest BCUT2D eigenvalue weighted by Crippen LogP contribution is 2.23. The van der Waals surface area contributed by atoms with Gasteiger partial charge in [-0.15, -0.1) is 0 Å². The van der Waals surface area contributed by atoms with E-state index in [9.17, 15) is 9.59 Å². The number of amides is 2. The van der Waals surface area contributed by atoms with Crippen molar-refractivity contribution in [3.05, 3.63) is 66.4 Å². The molecule has 8 nitrogen and oxygen atoms in total. The average Bonchev–Trinajstić information content (AvgIpc) is 3.24. The maximum absolute atomic E-state index is 12.7. The van der Waals surface area contributed by atoms with Crippen LogP contribution in [0.4, 0.5) is 5.69 Å². The van der Waals surface area contributed by atoms with E-state index in [0.29, 0.717) is 37.9 Å². The first-order valence-corrected chi connectivity index (χ1v) is 12.4. The van der Waals surface area contributed by atoms with Crippen LogP contribution in [0.2, 0.25) is 0 Å². The van der Waals surface area contributed by atoms with E-state index >= 15 is 0 Å². The van der Waals surface area contributed by atoms with Crippen molar-refractivity contribution in [3.8, 4) is 11.3 Å². The highest BCUT2D eigenvalue weighted by Gasteiger charge is 2.23. The van der Waals surface area contributed by atoms with Crippen molar-refractivity contribution in [3.63, 3.8) is 0 Å². The van der Waals surface area contributed by atoms with Crippen LogP contribution < -0.4 is 11.2 Å². The number of piperazine rings is 1. The predicted molar refractivity (Wildman–Crippen MR) is 136 cm³/mol. The molecule has 1 fully saturated rings. The first-order chi connectivity index (χ1) is 16.5. The lowest BCUT2D eigenvalue weighted by molar-refractivity contribution is -0.130. The van der Waals surface area contributed by atoms with Gasteiger partial charge in [-0.2, -0.15) is 0 Å². The lowest BCUT2D eigenvalue weighted by Crippen LogP contribution is -2.50. The summed E-state index contributed by atoms with van der Waals surface area (Å²) in [5.74, 6) is 6.34. The Labute approximate surface area is 204 Å². The second kappa shape index (κ2) is 11.2. The number of aryl methyl sites for hydroxylation is 1. The molecule has 1 aliphatic heterocycles. The van der Waals surface area contributed by atoms with Crippen LogP contribution in [0.15, 0.2) is 66.0 Å². The number of nitrogen functional groups attached to an aromatic ring is 1. The van der Waals surface area contributed by atoms with Crippen molar-refractivity contribution in [2.75, 3.05) is 49.6 Å². The monoisotopic (exact) mass is 478 g/mol. The van der Waals surface area contributed by atoms with Crippen LogP contribution in [0.3, 0.4) is 0 Å². The zero-order valence-electron chi connectivity index (χ0n) is 19.3. The molecule has 0 aliphatic carbocycles. The smallest absolute Gasteiger partial charge is 0.238 e. The van der Waals surface area contributed by atoms with E-state index in [1.165, 1.54) is 16.4 Å². The van der Waals surface area contributed by atoms with Gasteiger partial charge >= 0.3 is 0 Å². The van der Waals surface area contributed by atoms with E-state index in [4.69, 9.17) is 5.84 Å². The summed E-state index contributed by atoms with van der Waals surface area (Å²) >= 11 is 1.34. The van der Waals surface area contributed by atoms with Gasteiger partial charge < -0.3 is 16.1 Å². The Morgan fingerprint density at radius 2 is 1.74 bits per heavy atom. The molecule has 3 N–H and O–H groups in total. The standard InChI is InChI=1S/C25H30N6O2S/c1-2-19-8-6-7-11-21(19)27-23(32)17-29-12-14-30(15-13-29)24(33)18-34-25-28-22(16-31(25)26)20-9-4-3-5-10-20/h3-11,16H,2,12-15,17-18,26H2,1H3,(H,27,32). The van der Waals surface area contributed by atoms with Crippen LogP contribution in [0.5, 0.6) is 0 Å². The molecule has 2 amide bonds. The fourth-order valence-electron chi connectivity index (χ4n) is 3.95. The van der Waals surface area contributed by atoms with Crippen molar-refractivity contribution in [2.24, 2.45) is 0 Å². The molecule has 0 spiro atoms. The molecular weight excluding hydrogens is 448 g/mol. The average molecular weight is 479 g/mol. The maximum atomic E-state index is 12.7. The van der Waals surface area contributed by atoms with Crippen LogP contribution in [-0.4, -0.2) is 69.8 Å². The Morgan fingerprint density at radius 3 is 2.47 bits per heavy atom. The molecule has 1 aliphatic rings. The number of carbonyl (C=O) groups excluding carboxylic acids is 2. The minimum Gasteiger partial charge on any atom is -0.339 e. The molecule has 0 atom stereocenters. The van der Waals surface area contributed by atoms with Crippen molar-refractivity contribution in [1.82, 2.24) is 19.5 Å². The number of imidazole rings is 1. The number of nitrogens with zero attached hydrogens (tertiary/aromatic N) is 4. The molecule has 0 unspecified atom stereocenters. The molecule has 1 saturated heterocycles. The molecule has 1 aromatic heterocycles. The van der Waals surface area contributed by atoms with E-state index < -0.39 is 0 Å². The second-order valence-corrected chi connectivity index (χ2v) is 9.13. The highest BCUT2D eigenvalue weighted by atomic mass is 32.2. The van der Waals surface area contributed by atoms with Gasteiger partial charge in [-0.25, -0.2) is 9.66 Å². The summed E-state index contributed by atoms with van der Waals surface area (Å²) in [6, 6.07) is 17.7. The molecule has 4 rings (SSSR count). The molecule has 0 radical (unpaired) electrons. The third-order valence-corrected chi connectivity index (χ3v) is 6.81. The lowest BCUT2D eigenvalue weighted by Gasteiger charge is -2.34. The third-order valence-electron chi connectivity index (χ3n) is 5.86. The first-order valence-electron chi connectivity index (χ1n) is 11.4. The minimum atomic E-state index is -0.0276. The van der Waals surface area contributed by atoms with E-state index in [1.54, 1.807) is 6.20 Å². The summed E-state index contributed by atoms with van der Waals surface area (Å²) in [5.41, 5.74) is 3.76. The molecular formula is C25H30N6O2S. The summed E-state index contributed by atoms with van der Waals surface area (Å²) < 4.78 is 1.47. The summed E-state index contributed by atoms with van der Waals surface area (Å²) in [4.78, 5) is 33.7. The van der Waals surface area contributed by atoms with Crippen molar-refractivity contribution in [1.29, 1.82) is 0 Å². The highest BCUT2D eigenvalue weighted by molar-refractivity contribution is 7.99. The largest absolute Gasteiger partial charge is 0.339 e. The van der Waals surface area contributed by atoms with Gasteiger partial charge in [0, 0.05) is 37.4 Å². The number of para-hydroxylation sites is 1. The van der Waals surface area contributed by atoms with Crippen LogP contribution in [0.1, 0.15) is 12.5 Å². The molecule has 3 aromatic rings. The number of anilines is 1. The minimum absolute atomic E-state index is 0.0276. The van der Waals surface area contributed by atoms with Gasteiger partial charge in [0.25, 0.3) is 0 Å².